The van der Waals surface area contributed by atoms with E-state index in [2.05, 4.69) is 16.7 Å². The Balaban J connectivity index is 0.000000806. The van der Waals surface area contributed by atoms with Crippen LogP contribution < -0.4 is 10.6 Å². The van der Waals surface area contributed by atoms with E-state index in [-0.39, 0.29) is 13.1 Å². The van der Waals surface area contributed by atoms with Gasteiger partial charge in [-0.1, -0.05) is 82.4 Å². The van der Waals surface area contributed by atoms with Gasteiger partial charge in [0.25, 0.3) is 0 Å². The normalized spacial score (nSPS) is 35.3. The summed E-state index contributed by atoms with van der Waals surface area (Å²) in [7, 11) is 9.59. The van der Waals surface area contributed by atoms with Gasteiger partial charge in [0, 0.05) is 24.5 Å². The second kappa shape index (κ2) is 13.2. The van der Waals surface area contributed by atoms with Crippen molar-refractivity contribution in [1.29, 1.82) is 0 Å². The molecule has 0 radical (unpaired) electrons. The van der Waals surface area contributed by atoms with E-state index in [0.29, 0.717) is 36.3 Å². The van der Waals surface area contributed by atoms with Crippen molar-refractivity contribution in [2.45, 2.75) is 126 Å². The average molecular weight is 562 g/mol. The van der Waals surface area contributed by atoms with E-state index in [1.165, 1.54) is 112 Å². The van der Waals surface area contributed by atoms with E-state index in [1.807, 2.05) is 0 Å². The summed E-state index contributed by atoms with van der Waals surface area (Å²) < 4.78 is 0. The number of nitrogens with zero attached hydrogens (tertiary/aromatic N) is 3. The van der Waals surface area contributed by atoms with E-state index in [4.69, 9.17) is 35.8 Å². The summed E-state index contributed by atoms with van der Waals surface area (Å²) >= 11 is 0.00694. The number of aryl methyl sites for hydroxylation is 2. The van der Waals surface area contributed by atoms with Gasteiger partial charge in [-0.15, -0.1) is 12.1 Å². The molecule has 1 aliphatic heterocycles. The Morgan fingerprint density at radius 2 is 1.14 bits per heavy atom. The third-order valence-electron chi connectivity index (χ3n) is 8.87. The zero-order valence-electron chi connectivity index (χ0n) is 20.8. The van der Waals surface area contributed by atoms with Gasteiger partial charge >= 0.3 is 33.3 Å². The quantitative estimate of drug-likeness (QED) is 0.344. The molecule has 5 nitrogen and oxygen atoms in total. The van der Waals surface area contributed by atoms with Crippen LogP contribution in [0.2, 0.25) is 0 Å². The van der Waals surface area contributed by atoms with Gasteiger partial charge in [-0.3, -0.25) is 4.98 Å². The standard InChI is InChI=1S/C27H41N5.2ClH.Mn/c1-3-11-22-20(9-1)28-15-16-29-21-10-2-4-12-23(21)31-25-14-6-8-19-17-18-7-5-13-24(30-22)26(18)32-27(19)25;;;/h17,20-25,28-29H,1-16H2;2*1H;/q-2;;;+2/p-2/t20-,21?,22-,23-,24+,25?;;;/m1.../s1. The fourth-order valence-electron chi connectivity index (χ4n) is 7.18. The molecular formula is C27H41Cl2MnN5-2. The van der Waals surface area contributed by atoms with Crippen LogP contribution in [0.1, 0.15) is 112 Å². The molecular weight excluding hydrogens is 520 g/mol. The molecule has 0 spiro atoms. The van der Waals surface area contributed by atoms with Gasteiger partial charge in [-0.2, -0.15) is 0 Å². The summed E-state index contributed by atoms with van der Waals surface area (Å²) in [4.78, 5) is 5.44. The Morgan fingerprint density at radius 3 is 1.63 bits per heavy atom. The molecule has 197 valence electrons. The largest absolute Gasteiger partial charge is 0.650 e. The van der Waals surface area contributed by atoms with E-state index >= 15 is 0 Å². The minimum Gasteiger partial charge on any atom is -0.650 e. The molecule has 6 atom stereocenters. The zero-order chi connectivity index (χ0) is 24.0. The summed E-state index contributed by atoms with van der Waals surface area (Å²) in [5.41, 5.74) is 5.61. The van der Waals surface area contributed by atoms with Crippen molar-refractivity contribution in [3.05, 3.63) is 39.2 Å². The summed E-state index contributed by atoms with van der Waals surface area (Å²) in [6.07, 6.45) is 17.6. The molecule has 2 heterocycles. The molecule has 0 aromatic carbocycles. The third kappa shape index (κ3) is 6.57. The van der Waals surface area contributed by atoms with Gasteiger partial charge in [0.1, 0.15) is 0 Å². The first-order valence-electron chi connectivity index (χ1n) is 14.0. The molecule has 1 aromatic heterocycles. The fraction of sp³-hybridized carbons (Fsp3) is 0.815. The summed E-state index contributed by atoms with van der Waals surface area (Å²) in [5, 5.41) is 18.8. The van der Waals surface area contributed by atoms with Crippen molar-refractivity contribution >= 4 is 20.2 Å². The minimum atomic E-state index is 0.00694. The van der Waals surface area contributed by atoms with Gasteiger partial charge in [0.2, 0.25) is 0 Å². The number of fused-ring (bicyclic) bond motifs is 2. The minimum absolute atomic E-state index is 0.00694. The van der Waals surface area contributed by atoms with Crippen molar-refractivity contribution in [2.75, 3.05) is 13.1 Å². The maximum Gasteiger partial charge on any atom is 0.0264 e. The molecule has 2 fully saturated rings. The number of rotatable bonds is 0. The Hall–Kier alpha value is 0.0895. The SMILES string of the molecule is [Cl][Mn][Cl].c1c2c3nc4c1CCC[C@@H]4[N-][C@@H]1CCCC[C@H]1NCCNC1CCCC[C@H]1[N-]C3CCC2. The van der Waals surface area contributed by atoms with E-state index in [9.17, 15) is 0 Å². The number of nitrogens with one attached hydrogen (secondary N) is 2. The van der Waals surface area contributed by atoms with Crippen LogP contribution in [-0.4, -0.2) is 42.2 Å². The smallest absolute Gasteiger partial charge is 0.0264 e. The van der Waals surface area contributed by atoms with Crippen molar-refractivity contribution < 1.29 is 13.1 Å². The van der Waals surface area contributed by atoms with Gasteiger partial charge in [0.05, 0.1) is 0 Å². The first-order chi connectivity index (χ1) is 17.3. The molecule has 0 amide bonds. The zero-order valence-corrected chi connectivity index (χ0v) is 23.5. The monoisotopic (exact) mass is 560 g/mol. The maximum absolute atomic E-state index is 5.51. The van der Waals surface area contributed by atoms with Crippen molar-refractivity contribution in [2.24, 2.45) is 0 Å². The number of hydrogen-bond donors (Lipinski definition) is 2. The van der Waals surface area contributed by atoms with Crippen molar-refractivity contribution in [1.82, 2.24) is 15.6 Å². The van der Waals surface area contributed by atoms with E-state index < -0.39 is 0 Å². The molecule has 4 aliphatic carbocycles. The van der Waals surface area contributed by atoms with E-state index in [1.54, 1.807) is 0 Å². The van der Waals surface area contributed by atoms with Crippen LogP contribution >= 0.6 is 20.2 Å². The number of halogens is 2. The van der Waals surface area contributed by atoms with Crippen LogP contribution in [0.15, 0.2) is 6.07 Å². The molecule has 35 heavy (non-hydrogen) atoms. The molecule has 5 aliphatic rings. The maximum atomic E-state index is 5.51. The van der Waals surface area contributed by atoms with Gasteiger partial charge in [0.15, 0.2) is 0 Å². The van der Waals surface area contributed by atoms with Crippen LogP contribution in [0.25, 0.3) is 10.6 Å². The summed E-state index contributed by atoms with van der Waals surface area (Å²) in [6, 6.07) is 5.09. The Labute approximate surface area is 226 Å². The number of pyridine rings is 1. The Bertz CT molecular complexity index is 766. The van der Waals surface area contributed by atoms with Crippen molar-refractivity contribution in [3.63, 3.8) is 0 Å². The molecule has 2 unspecified atom stereocenters. The Morgan fingerprint density at radius 1 is 0.686 bits per heavy atom. The summed E-state index contributed by atoms with van der Waals surface area (Å²) in [5.74, 6) is 0. The Kier molecular flexibility index (Phi) is 10.1. The second-order valence-corrected chi connectivity index (χ2v) is 13.0. The summed E-state index contributed by atoms with van der Waals surface area (Å²) in [6.45, 7) is 2.10. The van der Waals surface area contributed by atoms with Crippen LogP contribution in [0.5, 0.6) is 0 Å². The van der Waals surface area contributed by atoms with E-state index in [0.717, 1.165) is 13.1 Å². The predicted octanol–water partition coefficient (Wildman–Crippen LogP) is 6.78. The van der Waals surface area contributed by atoms with Gasteiger partial charge < -0.3 is 21.3 Å². The first kappa shape index (κ1) is 26.7. The number of hydrogen-bond acceptors (Lipinski definition) is 3. The van der Waals surface area contributed by atoms with Gasteiger partial charge in [-0.25, -0.2) is 0 Å². The van der Waals surface area contributed by atoms with Crippen LogP contribution in [0, 0.1) is 0 Å². The third-order valence-corrected chi connectivity index (χ3v) is 8.87. The van der Waals surface area contributed by atoms with Crippen LogP contribution in [0.3, 0.4) is 0 Å². The molecule has 2 bridgehead atoms. The molecule has 2 saturated carbocycles. The number of aromatic nitrogens is 1. The van der Waals surface area contributed by atoms with Crippen LogP contribution in [-0.2, 0) is 26.0 Å². The van der Waals surface area contributed by atoms with Crippen molar-refractivity contribution in [3.8, 4) is 0 Å². The molecule has 1 aromatic rings. The molecule has 8 heteroatoms. The van der Waals surface area contributed by atoms with Gasteiger partial charge in [-0.05, 0) is 48.9 Å². The average Bonchev–Trinajstić information content (AvgIpc) is 2.88. The molecule has 0 saturated heterocycles. The first-order valence-corrected chi connectivity index (χ1v) is 17.3. The van der Waals surface area contributed by atoms with Crippen LogP contribution in [0.4, 0.5) is 0 Å². The second-order valence-electron chi connectivity index (χ2n) is 11.1. The molecule has 2 N–H and O–H groups in total. The topological polar surface area (TPSA) is 65.2 Å². The fourth-order valence-corrected chi connectivity index (χ4v) is 7.18. The predicted molar refractivity (Wildman–Crippen MR) is 142 cm³/mol. The molecule has 6 rings (SSSR count).